The summed E-state index contributed by atoms with van der Waals surface area (Å²) in [5.41, 5.74) is 5.19. The lowest BCUT2D eigenvalue weighted by molar-refractivity contribution is -0.149. The summed E-state index contributed by atoms with van der Waals surface area (Å²) in [5.74, 6) is -0.308. The van der Waals surface area contributed by atoms with Gasteiger partial charge in [-0.1, -0.05) is 0 Å². The Bertz CT molecular complexity index is 365. The zero-order valence-electron chi connectivity index (χ0n) is 9.30. The van der Waals surface area contributed by atoms with E-state index in [2.05, 4.69) is 10.1 Å². The van der Waals surface area contributed by atoms with Crippen molar-refractivity contribution in [2.75, 3.05) is 6.61 Å². The molecule has 1 heterocycles. The number of carbonyl (C=O) groups is 1. The molecule has 1 fully saturated rings. The third kappa shape index (κ3) is 1.92. The van der Waals surface area contributed by atoms with E-state index in [1.54, 1.807) is 17.9 Å². The lowest BCUT2D eigenvalue weighted by Gasteiger charge is -2.21. The lowest BCUT2D eigenvalue weighted by atomic mass is 9.99. The van der Waals surface area contributed by atoms with E-state index in [9.17, 15) is 4.79 Å². The van der Waals surface area contributed by atoms with Crippen LogP contribution < -0.4 is 5.73 Å². The first-order valence-corrected chi connectivity index (χ1v) is 5.46. The van der Waals surface area contributed by atoms with Gasteiger partial charge in [-0.25, -0.2) is 9.67 Å². The molecule has 6 nitrogen and oxygen atoms in total. The van der Waals surface area contributed by atoms with Crippen molar-refractivity contribution in [2.24, 2.45) is 5.73 Å². The Morgan fingerprint density at radius 3 is 3.19 bits per heavy atom. The SMILES string of the molecule is CCOC(=O)C1(N)CCC(n2cncn2)C1. The first-order chi connectivity index (χ1) is 7.65. The number of carbonyl (C=O) groups excluding carboxylic acids is 1. The van der Waals surface area contributed by atoms with Crippen molar-refractivity contribution < 1.29 is 9.53 Å². The summed E-state index contributed by atoms with van der Waals surface area (Å²) in [5, 5.41) is 4.07. The second kappa shape index (κ2) is 4.21. The fraction of sp³-hybridized carbons (Fsp3) is 0.700. The molecule has 1 aliphatic carbocycles. The monoisotopic (exact) mass is 224 g/mol. The Labute approximate surface area is 93.8 Å². The van der Waals surface area contributed by atoms with Crippen LogP contribution in [0.2, 0.25) is 0 Å². The minimum atomic E-state index is -0.855. The van der Waals surface area contributed by atoms with Gasteiger partial charge in [0, 0.05) is 0 Å². The van der Waals surface area contributed by atoms with Crippen molar-refractivity contribution in [3.63, 3.8) is 0 Å². The normalized spacial score (nSPS) is 29.2. The number of hydrogen-bond acceptors (Lipinski definition) is 5. The summed E-state index contributed by atoms with van der Waals surface area (Å²) < 4.78 is 6.74. The maximum absolute atomic E-state index is 11.7. The molecule has 1 saturated carbocycles. The molecule has 0 aliphatic heterocycles. The van der Waals surface area contributed by atoms with Gasteiger partial charge in [0.1, 0.15) is 18.2 Å². The van der Waals surface area contributed by atoms with Crippen molar-refractivity contribution in [3.05, 3.63) is 12.7 Å². The molecule has 0 radical (unpaired) electrons. The molecule has 0 spiro atoms. The van der Waals surface area contributed by atoms with E-state index < -0.39 is 5.54 Å². The zero-order chi connectivity index (χ0) is 11.6. The average molecular weight is 224 g/mol. The van der Waals surface area contributed by atoms with Gasteiger partial charge in [-0.15, -0.1) is 0 Å². The Kier molecular flexibility index (Phi) is 2.91. The van der Waals surface area contributed by atoms with Crippen LogP contribution in [0.1, 0.15) is 32.2 Å². The summed E-state index contributed by atoms with van der Waals surface area (Å²) in [6.45, 7) is 2.15. The number of esters is 1. The summed E-state index contributed by atoms with van der Waals surface area (Å²) >= 11 is 0. The van der Waals surface area contributed by atoms with Gasteiger partial charge < -0.3 is 10.5 Å². The van der Waals surface area contributed by atoms with Crippen LogP contribution in [0, 0.1) is 0 Å². The van der Waals surface area contributed by atoms with Gasteiger partial charge in [-0.3, -0.25) is 4.79 Å². The smallest absolute Gasteiger partial charge is 0.326 e. The van der Waals surface area contributed by atoms with Gasteiger partial charge in [0.15, 0.2) is 0 Å². The highest BCUT2D eigenvalue weighted by Crippen LogP contribution is 2.36. The minimum absolute atomic E-state index is 0.150. The predicted molar refractivity (Wildman–Crippen MR) is 56.5 cm³/mol. The first kappa shape index (κ1) is 11.1. The van der Waals surface area contributed by atoms with Gasteiger partial charge in [0.25, 0.3) is 0 Å². The van der Waals surface area contributed by atoms with Gasteiger partial charge >= 0.3 is 5.97 Å². The number of rotatable bonds is 3. The minimum Gasteiger partial charge on any atom is -0.465 e. The molecule has 1 aromatic heterocycles. The quantitative estimate of drug-likeness (QED) is 0.745. The molecule has 0 bridgehead atoms. The van der Waals surface area contributed by atoms with Crippen molar-refractivity contribution in [1.82, 2.24) is 14.8 Å². The number of aromatic nitrogens is 3. The largest absolute Gasteiger partial charge is 0.465 e. The molecule has 2 rings (SSSR count). The Balaban J connectivity index is 2.04. The van der Waals surface area contributed by atoms with Crippen molar-refractivity contribution in [3.8, 4) is 0 Å². The molecule has 88 valence electrons. The maximum atomic E-state index is 11.7. The van der Waals surface area contributed by atoms with E-state index in [-0.39, 0.29) is 12.0 Å². The average Bonchev–Trinajstić information content (AvgIpc) is 2.87. The van der Waals surface area contributed by atoms with E-state index >= 15 is 0 Å². The molecule has 1 aliphatic rings. The highest BCUT2D eigenvalue weighted by Gasteiger charge is 2.44. The molecule has 2 N–H and O–H groups in total. The molecule has 6 heteroatoms. The second-order valence-electron chi connectivity index (χ2n) is 4.15. The van der Waals surface area contributed by atoms with E-state index in [1.807, 2.05) is 0 Å². The van der Waals surface area contributed by atoms with Crippen molar-refractivity contribution in [1.29, 1.82) is 0 Å². The van der Waals surface area contributed by atoms with Crippen molar-refractivity contribution in [2.45, 2.75) is 37.8 Å². The fourth-order valence-electron chi connectivity index (χ4n) is 2.14. The fourth-order valence-corrected chi connectivity index (χ4v) is 2.14. The predicted octanol–water partition coefficient (Wildman–Crippen LogP) is 0.264. The molecule has 0 aromatic carbocycles. The third-order valence-electron chi connectivity index (χ3n) is 3.02. The molecule has 1 aromatic rings. The van der Waals surface area contributed by atoms with Crippen LogP contribution in [0.4, 0.5) is 0 Å². The standard InChI is InChI=1S/C10H16N4O2/c1-2-16-9(15)10(11)4-3-8(5-10)14-7-12-6-13-14/h6-8H,2-5,11H2,1H3. The molecule has 0 saturated heterocycles. The number of nitrogens with zero attached hydrogens (tertiary/aromatic N) is 3. The summed E-state index contributed by atoms with van der Waals surface area (Å²) in [6, 6.07) is 0.150. The second-order valence-corrected chi connectivity index (χ2v) is 4.15. The number of nitrogens with two attached hydrogens (primary N) is 1. The van der Waals surface area contributed by atoms with Crippen LogP contribution in [0.25, 0.3) is 0 Å². The molecular formula is C10H16N4O2. The van der Waals surface area contributed by atoms with Crippen LogP contribution in [0.15, 0.2) is 12.7 Å². The lowest BCUT2D eigenvalue weighted by Crippen LogP contribution is -2.46. The molecule has 2 unspecified atom stereocenters. The molecular weight excluding hydrogens is 208 g/mol. The van der Waals surface area contributed by atoms with Crippen LogP contribution in [-0.2, 0) is 9.53 Å². The van der Waals surface area contributed by atoms with Crippen LogP contribution in [0.3, 0.4) is 0 Å². The Hall–Kier alpha value is -1.43. The summed E-state index contributed by atoms with van der Waals surface area (Å²) in [4.78, 5) is 15.6. The summed E-state index contributed by atoms with van der Waals surface area (Å²) in [7, 11) is 0. The van der Waals surface area contributed by atoms with E-state index in [1.165, 1.54) is 6.33 Å². The highest BCUT2D eigenvalue weighted by atomic mass is 16.5. The van der Waals surface area contributed by atoms with E-state index in [0.29, 0.717) is 19.4 Å². The summed E-state index contributed by atoms with van der Waals surface area (Å²) in [6.07, 6.45) is 5.17. The first-order valence-electron chi connectivity index (χ1n) is 5.46. The zero-order valence-corrected chi connectivity index (χ0v) is 9.30. The van der Waals surface area contributed by atoms with Gasteiger partial charge in [-0.05, 0) is 26.2 Å². The molecule has 16 heavy (non-hydrogen) atoms. The maximum Gasteiger partial charge on any atom is 0.326 e. The van der Waals surface area contributed by atoms with Crippen molar-refractivity contribution >= 4 is 5.97 Å². The van der Waals surface area contributed by atoms with E-state index in [4.69, 9.17) is 10.5 Å². The number of ether oxygens (including phenoxy) is 1. The van der Waals surface area contributed by atoms with Crippen LogP contribution in [0.5, 0.6) is 0 Å². The van der Waals surface area contributed by atoms with Gasteiger partial charge in [-0.2, -0.15) is 5.10 Å². The van der Waals surface area contributed by atoms with E-state index in [0.717, 1.165) is 6.42 Å². The number of hydrogen-bond donors (Lipinski definition) is 1. The highest BCUT2D eigenvalue weighted by molar-refractivity contribution is 5.81. The van der Waals surface area contributed by atoms with Crippen LogP contribution >= 0.6 is 0 Å². The third-order valence-corrected chi connectivity index (χ3v) is 3.02. The van der Waals surface area contributed by atoms with Crippen LogP contribution in [-0.4, -0.2) is 32.9 Å². The van der Waals surface area contributed by atoms with Gasteiger partial charge in [0.05, 0.1) is 12.6 Å². The molecule has 0 amide bonds. The Morgan fingerprint density at radius 1 is 1.75 bits per heavy atom. The van der Waals surface area contributed by atoms with Gasteiger partial charge in [0.2, 0.25) is 0 Å². The Morgan fingerprint density at radius 2 is 2.56 bits per heavy atom. The topological polar surface area (TPSA) is 83.0 Å². The molecule has 2 atom stereocenters.